The van der Waals surface area contributed by atoms with Crippen LogP contribution in [0.4, 0.5) is 0 Å². The van der Waals surface area contributed by atoms with E-state index < -0.39 is 0 Å². The first-order chi connectivity index (χ1) is 8.71. The standard InChI is InChI=1S/C14H25N3OS/c1-9(16-8-6-7-11(15)18)12-10(2)17-13(19-12)14(3,4)5/h9,16H,6-8H2,1-5H3,(H2,15,18). The van der Waals surface area contributed by atoms with Crippen molar-refractivity contribution in [3.63, 3.8) is 0 Å². The van der Waals surface area contributed by atoms with Crippen molar-refractivity contribution in [2.75, 3.05) is 6.54 Å². The van der Waals surface area contributed by atoms with Crippen LogP contribution < -0.4 is 11.1 Å². The molecule has 5 heteroatoms. The van der Waals surface area contributed by atoms with E-state index in [1.807, 2.05) is 0 Å². The summed E-state index contributed by atoms with van der Waals surface area (Å²) in [5.41, 5.74) is 6.32. The Bertz CT molecular complexity index is 434. The minimum absolute atomic E-state index is 0.0966. The topological polar surface area (TPSA) is 68.0 Å². The summed E-state index contributed by atoms with van der Waals surface area (Å²) in [5.74, 6) is -0.238. The smallest absolute Gasteiger partial charge is 0.217 e. The number of aromatic nitrogens is 1. The molecule has 3 N–H and O–H groups in total. The molecule has 19 heavy (non-hydrogen) atoms. The summed E-state index contributed by atoms with van der Waals surface area (Å²) in [6, 6.07) is 0.265. The first kappa shape index (κ1) is 16.1. The quantitative estimate of drug-likeness (QED) is 0.789. The molecule has 0 fully saturated rings. The summed E-state index contributed by atoms with van der Waals surface area (Å²) in [5, 5.41) is 4.59. The third kappa shape index (κ3) is 4.91. The molecule has 0 saturated heterocycles. The lowest BCUT2D eigenvalue weighted by Gasteiger charge is -2.14. The fraction of sp³-hybridized carbons (Fsp3) is 0.714. The molecular weight excluding hydrogens is 258 g/mol. The van der Waals surface area contributed by atoms with E-state index in [4.69, 9.17) is 5.73 Å². The molecule has 1 unspecified atom stereocenters. The van der Waals surface area contributed by atoms with Gasteiger partial charge >= 0.3 is 0 Å². The number of hydrogen-bond donors (Lipinski definition) is 2. The summed E-state index contributed by atoms with van der Waals surface area (Å²) < 4.78 is 0. The van der Waals surface area contributed by atoms with Crippen LogP contribution in [0.2, 0.25) is 0 Å². The van der Waals surface area contributed by atoms with E-state index in [0.29, 0.717) is 6.42 Å². The van der Waals surface area contributed by atoms with Gasteiger partial charge in [0.2, 0.25) is 5.91 Å². The Labute approximate surface area is 119 Å². The monoisotopic (exact) mass is 283 g/mol. The molecule has 0 saturated carbocycles. The minimum Gasteiger partial charge on any atom is -0.370 e. The second-order valence-electron chi connectivity index (χ2n) is 5.96. The third-order valence-corrected chi connectivity index (χ3v) is 4.68. The molecule has 108 valence electrons. The molecule has 0 aliphatic rings. The Morgan fingerprint density at radius 1 is 1.47 bits per heavy atom. The Morgan fingerprint density at radius 3 is 2.58 bits per heavy atom. The SMILES string of the molecule is Cc1nc(C(C)(C)C)sc1C(C)NCCCC(N)=O. The van der Waals surface area contributed by atoms with Gasteiger partial charge in [-0.25, -0.2) is 4.98 Å². The maximum absolute atomic E-state index is 10.7. The van der Waals surface area contributed by atoms with Crippen molar-refractivity contribution < 1.29 is 4.79 Å². The molecule has 1 aromatic heterocycles. The Balaban J connectivity index is 2.59. The van der Waals surface area contributed by atoms with Crippen molar-refractivity contribution in [2.45, 2.75) is 58.9 Å². The number of rotatable bonds is 6. The van der Waals surface area contributed by atoms with Crippen LogP contribution in [0.25, 0.3) is 0 Å². The van der Waals surface area contributed by atoms with Crippen molar-refractivity contribution in [3.8, 4) is 0 Å². The van der Waals surface area contributed by atoms with E-state index in [1.54, 1.807) is 11.3 Å². The number of carbonyl (C=O) groups excluding carboxylic acids is 1. The zero-order chi connectivity index (χ0) is 14.6. The normalized spacial score (nSPS) is 13.5. The molecule has 0 bridgehead atoms. The number of carbonyl (C=O) groups is 1. The summed E-state index contributed by atoms with van der Waals surface area (Å²) in [6.07, 6.45) is 1.22. The van der Waals surface area contributed by atoms with Crippen LogP contribution in [0.1, 0.15) is 62.2 Å². The predicted octanol–water partition coefficient (Wildman–Crippen LogP) is 2.67. The Morgan fingerprint density at radius 2 is 2.11 bits per heavy atom. The molecule has 1 amide bonds. The fourth-order valence-corrected chi connectivity index (χ4v) is 2.96. The zero-order valence-electron chi connectivity index (χ0n) is 12.5. The van der Waals surface area contributed by atoms with E-state index in [2.05, 4.69) is 44.9 Å². The number of amides is 1. The predicted molar refractivity (Wildman–Crippen MR) is 80.4 cm³/mol. The number of thiazole rings is 1. The van der Waals surface area contributed by atoms with Crippen LogP contribution in [0.15, 0.2) is 0 Å². The number of hydrogen-bond acceptors (Lipinski definition) is 4. The molecular formula is C14H25N3OS. The van der Waals surface area contributed by atoms with E-state index in [1.165, 1.54) is 9.88 Å². The number of aryl methyl sites for hydroxylation is 1. The average molecular weight is 283 g/mol. The van der Waals surface area contributed by atoms with Gasteiger partial charge in [-0.15, -0.1) is 11.3 Å². The lowest BCUT2D eigenvalue weighted by Crippen LogP contribution is -2.21. The molecule has 1 aromatic rings. The summed E-state index contributed by atoms with van der Waals surface area (Å²) in [7, 11) is 0. The highest BCUT2D eigenvalue weighted by atomic mass is 32.1. The third-order valence-electron chi connectivity index (χ3n) is 2.92. The van der Waals surface area contributed by atoms with Crippen LogP contribution in [0.5, 0.6) is 0 Å². The summed E-state index contributed by atoms with van der Waals surface area (Å²) in [6.45, 7) is 11.5. The number of nitrogens with zero attached hydrogens (tertiary/aromatic N) is 1. The van der Waals surface area contributed by atoms with Crippen molar-refractivity contribution in [1.82, 2.24) is 10.3 Å². The number of nitrogens with one attached hydrogen (secondary N) is 1. The lowest BCUT2D eigenvalue weighted by atomic mass is 9.98. The van der Waals surface area contributed by atoms with E-state index >= 15 is 0 Å². The van der Waals surface area contributed by atoms with Gasteiger partial charge in [-0.1, -0.05) is 20.8 Å². The van der Waals surface area contributed by atoms with Gasteiger partial charge in [-0.3, -0.25) is 4.79 Å². The maximum Gasteiger partial charge on any atom is 0.217 e. The van der Waals surface area contributed by atoms with E-state index in [-0.39, 0.29) is 17.4 Å². The highest BCUT2D eigenvalue weighted by Crippen LogP contribution is 2.32. The summed E-state index contributed by atoms with van der Waals surface area (Å²) in [4.78, 5) is 16.6. The van der Waals surface area contributed by atoms with Gasteiger partial charge < -0.3 is 11.1 Å². The first-order valence-electron chi connectivity index (χ1n) is 6.71. The molecule has 4 nitrogen and oxygen atoms in total. The van der Waals surface area contributed by atoms with E-state index in [9.17, 15) is 4.79 Å². The van der Waals surface area contributed by atoms with Gasteiger partial charge in [-0.2, -0.15) is 0 Å². The fourth-order valence-electron chi connectivity index (χ4n) is 1.80. The van der Waals surface area contributed by atoms with Gasteiger partial charge in [0.15, 0.2) is 0 Å². The number of nitrogens with two attached hydrogens (primary N) is 1. The molecule has 0 aliphatic carbocycles. The van der Waals surface area contributed by atoms with Crippen molar-refractivity contribution >= 4 is 17.2 Å². The zero-order valence-corrected chi connectivity index (χ0v) is 13.4. The van der Waals surface area contributed by atoms with Gasteiger partial charge in [0.25, 0.3) is 0 Å². The largest absolute Gasteiger partial charge is 0.370 e. The Kier molecular flexibility index (Phi) is 5.50. The Hall–Kier alpha value is -0.940. The van der Waals surface area contributed by atoms with E-state index in [0.717, 1.165) is 18.7 Å². The molecule has 1 atom stereocenters. The second-order valence-corrected chi connectivity index (χ2v) is 7.00. The molecule has 1 heterocycles. The minimum atomic E-state index is -0.238. The first-order valence-corrected chi connectivity index (χ1v) is 7.53. The number of primary amides is 1. The summed E-state index contributed by atoms with van der Waals surface area (Å²) >= 11 is 1.77. The molecule has 0 aromatic carbocycles. The van der Waals surface area contributed by atoms with Crippen molar-refractivity contribution in [3.05, 3.63) is 15.6 Å². The van der Waals surface area contributed by atoms with Crippen LogP contribution >= 0.6 is 11.3 Å². The highest BCUT2D eigenvalue weighted by Gasteiger charge is 2.22. The maximum atomic E-state index is 10.7. The molecule has 1 rings (SSSR count). The van der Waals surface area contributed by atoms with Gasteiger partial charge in [0.05, 0.1) is 10.7 Å². The molecule has 0 spiro atoms. The molecule has 0 radical (unpaired) electrons. The average Bonchev–Trinajstić information content (AvgIpc) is 2.66. The van der Waals surface area contributed by atoms with Crippen LogP contribution in [0.3, 0.4) is 0 Å². The lowest BCUT2D eigenvalue weighted by molar-refractivity contribution is -0.118. The van der Waals surface area contributed by atoms with Crippen molar-refractivity contribution in [2.24, 2.45) is 5.73 Å². The van der Waals surface area contributed by atoms with Gasteiger partial charge in [0, 0.05) is 22.8 Å². The van der Waals surface area contributed by atoms with Crippen molar-refractivity contribution in [1.29, 1.82) is 0 Å². The highest BCUT2D eigenvalue weighted by molar-refractivity contribution is 7.12. The second kappa shape index (κ2) is 6.48. The van der Waals surface area contributed by atoms with Gasteiger partial charge in [-0.05, 0) is 26.8 Å². The molecule has 0 aliphatic heterocycles. The van der Waals surface area contributed by atoms with Gasteiger partial charge in [0.1, 0.15) is 0 Å². The van der Waals surface area contributed by atoms with Crippen LogP contribution in [-0.4, -0.2) is 17.4 Å². The van der Waals surface area contributed by atoms with Crippen LogP contribution in [0, 0.1) is 6.92 Å². The van der Waals surface area contributed by atoms with Crippen LogP contribution in [-0.2, 0) is 10.2 Å².